The monoisotopic (exact) mass is 281 g/mol. The van der Waals surface area contributed by atoms with Crippen LogP contribution in [-0.4, -0.2) is 5.97 Å². The molecule has 20 heavy (non-hydrogen) atoms. The van der Waals surface area contributed by atoms with E-state index in [1.165, 1.54) is 12.1 Å². The molecule has 2 rings (SSSR count). The van der Waals surface area contributed by atoms with Gasteiger partial charge in [-0.25, -0.2) is 18.0 Å². The van der Waals surface area contributed by atoms with Gasteiger partial charge in [0.1, 0.15) is 12.4 Å². The van der Waals surface area contributed by atoms with E-state index >= 15 is 0 Å². The van der Waals surface area contributed by atoms with Crippen LogP contribution in [-0.2, 0) is 11.3 Å². The number of hydrogen-bond acceptors (Lipinski definition) is 3. The number of benzene rings is 2. The van der Waals surface area contributed by atoms with Gasteiger partial charge in [-0.3, -0.25) is 0 Å². The van der Waals surface area contributed by atoms with E-state index < -0.39 is 23.4 Å². The average Bonchev–Trinajstić information content (AvgIpc) is 2.38. The lowest BCUT2D eigenvalue weighted by Gasteiger charge is -2.06. The summed E-state index contributed by atoms with van der Waals surface area (Å²) < 4.78 is 43.6. The lowest BCUT2D eigenvalue weighted by atomic mass is 10.2. The number of ether oxygens (including phenoxy) is 1. The lowest BCUT2D eigenvalue weighted by molar-refractivity contribution is 0.0471. The molecule has 0 amide bonds. The standard InChI is InChI=1S/C14H10F3NO2/c15-10-4-9(5-11(18)6-10)14(19)20-7-8-1-2-12(16)13(17)3-8/h1-6H,7,18H2. The number of esters is 1. The molecule has 3 nitrogen and oxygen atoms in total. The van der Waals surface area contributed by atoms with Gasteiger partial charge in [0.05, 0.1) is 5.56 Å². The Bertz CT molecular complexity index is 639. The molecule has 0 bridgehead atoms. The number of rotatable bonds is 3. The predicted molar refractivity (Wildman–Crippen MR) is 66.3 cm³/mol. The largest absolute Gasteiger partial charge is 0.457 e. The van der Waals surface area contributed by atoms with Crippen LogP contribution in [0.3, 0.4) is 0 Å². The van der Waals surface area contributed by atoms with E-state index in [4.69, 9.17) is 10.5 Å². The van der Waals surface area contributed by atoms with Gasteiger partial charge in [-0.15, -0.1) is 0 Å². The zero-order valence-electron chi connectivity index (χ0n) is 10.2. The van der Waals surface area contributed by atoms with Crippen LogP contribution in [0, 0.1) is 17.5 Å². The first-order valence-corrected chi connectivity index (χ1v) is 5.63. The summed E-state index contributed by atoms with van der Waals surface area (Å²) in [5, 5.41) is 0. The zero-order valence-corrected chi connectivity index (χ0v) is 10.2. The van der Waals surface area contributed by atoms with Gasteiger partial charge in [0.2, 0.25) is 0 Å². The fourth-order valence-corrected chi connectivity index (χ4v) is 1.59. The van der Waals surface area contributed by atoms with Crippen molar-refractivity contribution in [3.05, 3.63) is 65.0 Å². The van der Waals surface area contributed by atoms with Crippen molar-refractivity contribution in [3.63, 3.8) is 0 Å². The summed E-state index contributed by atoms with van der Waals surface area (Å²) in [6, 6.07) is 6.43. The summed E-state index contributed by atoms with van der Waals surface area (Å²) in [5.41, 5.74) is 5.72. The minimum absolute atomic E-state index is 0.0508. The minimum atomic E-state index is -1.03. The summed E-state index contributed by atoms with van der Waals surface area (Å²) >= 11 is 0. The fraction of sp³-hybridized carbons (Fsp3) is 0.0714. The maximum absolute atomic E-state index is 13.1. The van der Waals surface area contributed by atoms with E-state index in [9.17, 15) is 18.0 Å². The third-order valence-corrected chi connectivity index (χ3v) is 2.51. The van der Waals surface area contributed by atoms with Crippen molar-refractivity contribution in [2.45, 2.75) is 6.61 Å². The average molecular weight is 281 g/mol. The van der Waals surface area contributed by atoms with Crippen molar-refractivity contribution in [1.29, 1.82) is 0 Å². The molecule has 0 spiro atoms. The van der Waals surface area contributed by atoms with Crippen LogP contribution in [0.25, 0.3) is 0 Å². The van der Waals surface area contributed by atoms with Crippen molar-refractivity contribution in [3.8, 4) is 0 Å². The smallest absolute Gasteiger partial charge is 0.338 e. The Kier molecular flexibility index (Phi) is 3.93. The number of nitrogen functional groups attached to an aromatic ring is 1. The van der Waals surface area contributed by atoms with Crippen LogP contribution < -0.4 is 5.73 Å². The molecule has 6 heteroatoms. The van der Waals surface area contributed by atoms with E-state index in [1.807, 2.05) is 0 Å². The normalized spacial score (nSPS) is 10.3. The van der Waals surface area contributed by atoms with Crippen molar-refractivity contribution < 1.29 is 22.7 Å². The van der Waals surface area contributed by atoms with Crippen LogP contribution in [0.1, 0.15) is 15.9 Å². The second-order valence-corrected chi connectivity index (χ2v) is 4.10. The molecule has 0 radical (unpaired) electrons. The highest BCUT2D eigenvalue weighted by molar-refractivity contribution is 5.90. The minimum Gasteiger partial charge on any atom is -0.457 e. The first kappa shape index (κ1) is 13.9. The molecule has 0 aliphatic carbocycles. The Hall–Kier alpha value is -2.50. The Balaban J connectivity index is 2.06. The number of carbonyl (C=O) groups is 1. The van der Waals surface area contributed by atoms with Gasteiger partial charge in [0, 0.05) is 5.69 Å². The molecule has 0 atom stereocenters. The summed E-state index contributed by atoms with van der Waals surface area (Å²) in [6.07, 6.45) is 0. The van der Waals surface area contributed by atoms with E-state index in [1.54, 1.807) is 0 Å². The van der Waals surface area contributed by atoms with Gasteiger partial charge < -0.3 is 10.5 Å². The molecule has 0 unspecified atom stereocenters. The van der Waals surface area contributed by atoms with Crippen LogP contribution in [0.15, 0.2) is 36.4 Å². The molecule has 104 valence electrons. The van der Waals surface area contributed by atoms with Gasteiger partial charge in [-0.2, -0.15) is 0 Å². The second kappa shape index (κ2) is 5.64. The molecule has 0 saturated carbocycles. The highest BCUT2D eigenvalue weighted by Crippen LogP contribution is 2.14. The molecular formula is C14H10F3NO2. The van der Waals surface area contributed by atoms with E-state index in [0.717, 1.165) is 24.3 Å². The number of anilines is 1. The number of carbonyl (C=O) groups excluding carboxylic acids is 1. The molecule has 0 aromatic heterocycles. The summed E-state index contributed by atoms with van der Waals surface area (Å²) in [5.74, 6) is -3.49. The zero-order chi connectivity index (χ0) is 14.7. The Labute approximate surface area is 112 Å². The third kappa shape index (κ3) is 3.28. The molecule has 0 fully saturated rings. The van der Waals surface area contributed by atoms with Crippen LogP contribution in [0.5, 0.6) is 0 Å². The Morgan fingerprint density at radius 3 is 2.45 bits per heavy atom. The SMILES string of the molecule is Nc1cc(F)cc(C(=O)OCc2ccc(F)c(F)c2)c1. The molecule has 2 N–H and O–H groups in total. The molecule has 2 aromatic rings. The number of halogens is 3. The van der Waals surface area contributed by atoms with Crippen molar-refractivity contribution in [2.24, 2.45) is 0 Å². The maximum atomic E-state index is 13.1. The quantitative estimate of drug-likeness (QED) is 0.695. The van der Waals surface area contributed by atoms with E-state index in [0.29, 0.717) is 0 Å². The molecule has 0 aliphatic rings. The second-order valence-electron chi connectivity index (χ2n) is 4.10. The fourth-order valence-electron chi connectivity index (χ4n) is 1.59. The van der Waals surface area contributed by atoms with Gasteiger partial charge >= 0.3 is 5.97 Å². The molecule has 0 saturated heterocycles. The number of nitrogens with two attached hydrogens (primary N) is 1. The Morgan fingerprint density at radius 1 is 1.05 bits per heavy atom. The maximum Gasteiger partial charge on any atom is 0.338 e. The van der Waals surface area contributed by atoms with Crippen LogP contribution in [0.2, 0.25) is 0 Å². The summed E-state index contributed by atoms with van der Waals surface area (Å²) in [4.78, 5) is 11.7. The highest BCUT2D eigenvalue weighted by atomic mass is 19.2. The van der Waals surface area contributed by atoms with E-state index in [-0.39, 0.29) is 23.4 Å². The van der Waals surface area contributed by atoms with Crippen molar-refractivity contribution in [1.82, 2.24) is 0 Å². The van der Waals surface area contributed by atoms with Gasteiger partial charge in [0.15, 0.2) is 11.6 Å². The first-order valence-electron chi connectivity index (χ1n) is 5.63. The summed E-state index contributed by atoms with van der Waals surface area (Å²) in [7, 11) is 0. The van der Waals surface area contributed by atoms with Gasteiger partial charge in [-0.05, 0) is 35.9 Å². The van der Waals surface area contributed by atoms with Gasteiger partial charge in [-0.1, -0.05) is 6.07 Å². The van der Waals surface area contributed by atoms with Crippen molar-refractivity contribution >= 4 is 11.7 Å². The molecule has 2 aromatic carbocycles. The highest BCUT2D eigenvalue weighted by Gasteiger charge is 2.11. The number of hydrogen-bond donors (Lipinski definition) is 1. The van der Waals surface area contributed by atoms with Crippen LogP contribution in [0.4, 0.5) is 18.9 Å². The molecule has 0 heterocycles. The first-order chi connectivity index (χ1) is 9.45. The lowest BCUT2D eigenvalue weighted by Crippen LogP contribution is -2.07. The third-order valence-electron chi connectivity index (χ3n) is 2.51. The Morgan fingerprint density at radius 2 is 1.80 bits per heavy atom. The molecule has 0 aliphatic heterocycles. The van der Waals surface area contributed by atoms with Crippen molar-refractivity contribution in [2.75, 3.05) is 5.73 Å². The van der Waals surface area contributed by atoms with Crippen LogP contribution >= 0.6 is 0 Å². The van der Waals surface area contributed by atoms with E-state index in [2.05, 4.69) is 0 Å². The molecular weight excluding hydrogens is 271 g/mol. The van der Waals surface area contributed by atoms with Gasteiger partial charge in [0.25, 0.3) is 0 Å². The topological polar surface area (TPSA) is 52.3 Å². The summed E-state index contributed by atoms with van der Waals surface area (Å²) in [6.45, 7) is -0.257. The predicted octanol–water partition coefficient (Wildman–Crippen LogP) is 3.04.